The summed E-state index contributed by atoms with van der Waals surface area (Å²) in [6.45, 7) is 2.23. The second-order valence-corrected chi connectivity index (χ2v) is 6.71. The average molecular weight is 220 g/mol. The zero-order valence-electron chi connectivity index (χ0n) is 8.17. The lowest BCUT2D eigenvalue weighted by Gasteiger charge is -2.31. The molecule has 1 aliphatic heterocycles. The van der Waals surface area contributed by atoms with Crippen LogP contribution in [0.5, 0.6) is 0 Å². The van der Waals surface area contributed by atoms with Gasteiger partial charge in [0.25, 0.3) is 0 Å². The Labute approximate surface area is 88.2 Å². The van der Waals surface area contributed by atoms with Crippen LogP contribution in [0.3, 0.4) is 0 Å². The maximum Gasteiger partial charge on any atom is 0.305 e. The molecule has 0 aliphatic carbocycles. The van der Waals surface area contributed by atoms with Crippen molar-refractivity contribution >= 4 is 29.5 Å². The monoisotopic (exact) mass is 220 g/mol. The molecule has 0 aromatic rings. The van der Waals surface area contributed by atoms with E-state index in [1.54, 1.807) is 0 Å². The van der Waals surface area contributed by atoms with Crippen LogP contribution in [0, 0.1) is 0 Å². The first-order valence-electron chi connectivity index (χ1n) is 4.51. The van der Waals surface area contributed by atoms with Crippen molar-refractivity contribution in [3.63, 3.8) is 0 Å². The second-order valence-electron chi connectivity index (χ2n) is 3.26. The zero-order valence-corrected chi connectivity index (χ0v) is 9.80. The van der Waals surface area contributed by atoms with Gasteiger partial charge in [0.05, 0.1) is 11.2 Å². The van der Waals surface area contributed by atoms with E-state index in [0.29, 0.717) is 6.42 Å². The van der Waals surface area contributed by atoms with Crippen LogP contribution in [0.25, 0.3) is 0 Å². The molecule has 0 aromatic heterocycles. The van der Waals surface area contributed by atoms with Gasteiger partial charge in [-0.2, -0.15) is 0 Å². The van der Waals surface area contributed by atoms with Crippen LogP contribution >= 0.6 is 23.5 Å². The maximum absolute atomic E-state index is 11.0. The van der Waals surface area contributed by atoms with Crippen LogP contribution in [-0.2, 0) is 9.53 Å². The molecule has 1 aliphatic rings. The SMILES string of the molecule is COC(=O)CCC1(C)SCCCS1. The van der Waals surface area contributed by atoms with Crippen LogP contribution in [0.4, 0.5) is 0 Å². The third kappa shape index (κ3) is 3.81. The minimum Gasteiger partial charge on any atom is -0.469 e. The standard InChI is InChI=1S/C9H16O2S2/c1-9(5-4-8(10)11-2)12-6-3-7-13-9/h3-7H2,1-2H3. The number of ether oxygens (including phenoxy) is 1. The fourth-order valence-electron chi connectivity index (χ4n) is 1.25. The fraction of sp³-hybridized carbons (Fsp3) is 0.889. The number of carbonyl (C=O) groups excluding carboxylic acids is 1. The molecule has 0 spiro atoms. The van der Waals surface area contributed by atoms with Crippen LogP contribution in [0.1, 0.15) is 26.2 Å². The minimum atomic E-state index is -0.0898. The molecule has 0 radical (unpaired) electrons. The van der Waals surface area contributed by atoms with Crippen molar-refractivity contribution in [2.45, 2.75) is 30.3 Å². The Morgan fingerprint density at radius 2 is 2.08 bits per heavy atom. The Kier molecular flexibility index (Phi) is 4.46. The van der Waals surface area contributed by atoms with E-state index in [-0.39, 0.29) is 10.0 Å². The van der Waals surface area contributed by atoms with Gasteiger partial charge in [-0.1, -0.05) is 0 Å². The van der Waals surface area contributed by atoms with Gasteiger partial charge in [-0.05, 0) is 31.3 Å². The number of esters is 1. The Bertz CT molecular complexity index is 176. The molecule has 13 heavy (non-hydrogen) atoms. The Hall–Kier alpha value is 0.170. The molecule has 0 atom stereocenters. The number of hydrogen-bond acceptors (Lipinski definition) is 4. The van der Waals surface area contributed by atoms with Crippen LogP contribution in [0.15, 0.2) is 0 Å². The first-order chi connectivity index (χ1) is 6.16. The molecule has 0 amide bonds. The van der Waals surface area contributed by atoms with Crippen LogP contribution < -0.4 is 0 Å². The Morgan fingerprint density at radius 1 is 1.46 bits per heavy atom. The van der Waals surface area contributed by atoms with Gasteiger partial charge >= 0.3 is 5.97 Å². The Balaban J connectivity index is 2.28. The molecule has 1 rings (SSSR count). The first kappa shape index (κ1) is 11.2. The third-order valence-electron chi connectivity index (χ3n) is 2.11. The lowest BCUT2D eigenvalue weighted by molar-refractivity contribution is -0.140. The molecule has 0 bridgehead atoms. The van der Waals surface area contributed by atoms with E-state index >= 15 is 0 Å². The van der Waals surface area contributed by atoms with Crippen molar-refractivity contribution in [3.05, 3.63) is 0 Å². The van der Waals surface area contributed by atoms with E-state index in [2.05, 4.69) is 11.7 Å². The topological polar surface area (TPSA) is 26.3 Å². The number of thioether (sulfide) groups is 2. The van der Waals surface area contributed by atoms with Gasteiger partial charge in [-0.3, -0.25) is 4.79 Å². The van der Waals surface area contributed by atoms with Gasteiger partial charge in [0, 0.05) is 6.42 Å². The lowest BCUT2D eigenvalue weighted by atomic mass is 10.2. The summed E-state index contributed by atoms with van der Waals surface area (Å²) in [5.41, 5.74) is 0. The summed E-state index contributed by atoms with van der Waals surface area (Å²) < 4.78 is 4.87. The molecule has 0 unspecified atom stereocenters. The molecule has 4 heteroatoms. The molecule has 0 N–H and O–H groups in total. The number of hydrogen-bond donors (Lipinski definition) is 0. The highest BCUT2D eigenvalue weighted by Gasteiger charge is 2.28. The van der Waals surface area contributed by atoms with Gasteiger partial charge < -0.3 is 4.74 Å². The summed E-state index contributed by atoms with van der Waals surface area (Å²) in [6, 6.07) is 0. The normalized spacial score (nSPS) is 21.1. The fourth-order valence-corrected chi connectivity index (χ4v) is 4.20. The van der Waals surface area contributed by atoms with E-state index < -0.39 is 0 Å². The lowest BCUT2D eigenvalue weighted by Crippen LogP contribution is -2.22. The van der Waals surface area contributed by atoms with Crippen molar-refractivity contribution in [1.82, 2.24) is 0 Å². The smallest absolute Gasteiger partial charge is 0.305 e. The van der Waals surface area contributed by atoms with E-state index in [0.717, 1.165) is 6.42 Å². The number of carbonyl (C=O) groups is 1. The molecule has 1 fully saturated rings. The highest BCUT2D eigenvalue weighted by Crippen LogP contribution is 2.44. The van der Waals surface area contributed by atoms with Gasteiger partial charge in [-0.25, -0.2) is 0 Å². The maximum atomic E-state index is 11.0. The molecule has 1 heterocycles. The van der Waals surface area contributed by atoms with Gasteiger partial charge in [0.2, 0.25) is 0 Å². The van der Waals surface area contributed by atoms with Crippen molar-refractivity contribution in [2.24, 2.45) is 0 Å². The summed E-state index contributed by atoms with van der Waals surface area (Å²) in [5.74, 6) is 2.36. The van der Waals surface area contributed by atoms with Gasteiger partial charge in [0.15, 0.2) is 0 Å². The van der Waals surface area contributed by atoms with E-state index in [4.69, 9.17) is 0 Å². The summed E-state index contributed by atoms with van der Waals surface area (Å²) in [5, 5.41) is 0. The van der Waals surface area contributed by atoms with Gasteiger partial charge in [0.1, 0.15) is 0 Å². The minimum absolute atomic E-state index is 0.0898. The molecular formula is C9H16O2S2. The van der Waals surface area contributed by atoms with Crippen molar-refractivity contribution in [2.75, 3.05) is 18.6 Å². The van der Waals surface area contributed by atoms with Crippen LogP contribution in [-0.4, -0.2) is 28.7 Å². The van der Waals surface area contributed by atoms with E-state index in [9.17, 15) is 4.79 Å². The van der Waals surface area contributed by atoms with Crippen molar-refractivity contribution < 1.29 is 9.53 Å². The van der Waals surface area contributed by atoms with E-state index in [1.165, 1.54) is 25.0 Å². The predicted octanol–water partition coefficient (Wildman–Crippen LogP) is 2.53. The van der Waals surface area contributed by atoms with E-state index in [1.807, 2.05) is 23.5 Å². The highest BCUT2D eigenvalue weighted by atomic mass is 32.2. The zero-order chi connectivity index (χ0) is 9.73. The molecule has 0 saturated carbocycles. The Morgan fingerprint density at radius 3 is 2.62 bits per heavy atom. The molecule has 2 nitrogen and oxygen atoms in total. The highest BCUT2D eigenvalue weighted by molar-refractivity contribution is 8.18. The largest absolute Gasteiger partial charge is 0.469 e. The van der Waals surface area contributed by atoms with Crippen molar-refractivity contribution in [3.8, 4) is 0 Å². The summed E-state index contributed by atoms with van der Waals surface area (Å²) >= 11 is 3.95. The molecular weight excluding hydrogens is 204 g/mol. The average Bonchev–Trinajstić information content (AvgIpc) is 2.15. The second kappa shape index (κ2) is 5.15. The number of rotatable bonds is 3. The molecule has 0 aromatic carbocycles. The van der Waals surface area contributed by atoms with Gasteiger partial charge in [-0.15, -0.1) is 23.5 Å². The summed E-state index contributed by atoms with van der Waals surface area (Å²) in [6.07, 6.45) is 2.77. The quantitative estimate of drug-likeness (QED) is 0.683. The summed E-state index contributed by atoms with van der Waals surface area (Å²) in [7, 11) is 1.45. The van der Waals surface area contributed by atoms with Crippen LogP contribution in [0.2, 0.25) is 0 Å². The molecule has 1 saturated heterocycles. The molecule has 76 valence electrons. The number of methoxy groups -OCH3 is 1. The summed E-state index contributed by atoms with van der Waals surface area (Å²) in [4.78, 5) is 11.0. The predicted molar refractivity (Wildman–Crippen MR) is 59.2 cm³/mol. The van der Waals surface area contributed by atoms with Crippen molar-refractivity contribution in [1.29, 1.82) is 0 Å². The third-order valence-corrected chi connectivity index (χ3v) is 5.44. The first-order valence-corrected chi connectivity index (χ1v) is 6.48.